The summed E-state index contributed by atoms with van der Waals surface area (Å²) in [6.45, 7) is 6.89. The zero-order valence-electron chi connectivity index (χ0n) is 18.4. The Hall–Kier alpha value is -0.480. The molecule has 1 aliphatic heterocycles. The van der Waals surface area contributed by atoms with Crippen molar-refractivity contribution in [2.45, 2.75) is 69.6 Å². The van der Waals surface area contributed by atoms with Gasteiger partial charge in [0.05, 0.1) is 6.04 Å². The van der Waals surface area contributed by atoms with Crippen molar-refractivity contribution in [2.24, 2.45) is 5.73 Å². The number of amides is 1. The number of nitrogens with zero attached hydrogens (tertiary/aromatic N) is 2. The molecule has 170 valence electrons. The van der Waals surface area contributed by atoms with Crippen molar-refractivity contribution in [1.82, 2.24) is 15.1 Å². The van der Waals surface area contributed by atoms with Gasteiger partial charge in [-0.3, -0.25) is 14.6 Å². The van der Waals surface area contributed by atoms with E-state index in [1.807, 2.05) is 6.26 Å². The summed E-state index contributed by atoms with van der Waals surface area (Å²) in [6, 6.07) is -1.02. The highest BCUT2D eigenvalue weighted by Gasteiger charge is 2.35. The normalized spacial score (nSPS) is 21.7. The molecule has 0 aromatic heterocycles. The zero-order valence-corrected chi connectivity index (χ0v) is 20.1. The molecule has 0 saturated carbocycles. The summed E-state index contributed by atoms with van der Waals surface area (Å²) in [7, 11) is 2.10. The summed E-state index contributed by atoms with van der Waals surface area (Å²) in [5, 5.41) is 12.2. The van der Waals surface area contributed by atoms with Crippen LogP contribution in [0.1, 0.15) is 46.0 Å². The molecule has 2 unspecified atom stereocenters. The second kappa shape index (κ2) is 13.0. The molecule has 1 saturated heterocycles. The topological polar surface area (TPSA) is 98.9 Å². The maximum atomic E-state index is 12.8. The Morgan fingerprint density at radius 2 is 2.17 bits per heavy atom. The molecule has 4 atom stereocenters. The Kier molecular flexibility index (Phi) is 11.9. The molecule has 0 radical (unpaired) electrons. The molecule has 1 amide bonds. The van der Waals surface area contributed by atoms with Gasteiger partial charge in [-0.05, 0) is 64.6 Å². The molecular weight excluding hydrogens is 408 g/mol. The van der Waals surface area contributed by atoms with Crippen LogP contribution in [0.3, 0.4) is 0 Å². The standard InChI is InChI=1S/C20H40N4O3S2/c1-5-20(2,23(3)13-15(21)14-28)9-11-24-10-6-7-17(24)18(25)22-16(19(26)27)8-12-29-4/h15-17,28H,5-14,21H2,1-4H3,(H,22,25)(H,26,27)/t15-,16?,17?,20-/m0/s1. The molecule has 29 heavy (non-hydrogen) atoms. The van der Waals surface area contributed by atoms with Gasteiger partial charge in [0.1, 0.15) is 6.04 Å². The minimum atomic E-state index is -0.961. The van der Waals surface area contributed by atoms with E-state index in [1.165, 1.54) is 0 Å². The molecule has 0 aromatic rings. The van der Waals surface area contributed by atoms with Gasteiger partial charge in [-0.2, -0.15) is 24.4 Å². The molecular formula is C20H40N4O3S2. The monoisotopic (exact) mass is 448 g/mol. The number of carbonyl (C=O) groups is 2. The van der Waals surface area contributed by atoms with Crippen molar-refractivity contribution < 1.29 is 14.7 Å². The number of carboxylic acids is 1. The van der Waals surface area contributed by atoms with Crippen LogP contribution in [0.15, 0.2) is 0 Å². The number of thiol groups is 1. The maximum absolute atomic E-state index is 12.8. The van der Waals surface area contributed by atoms with E-state index in [0.29, 0.717) is 17.9 Å². The molecule has 1 fully saturated rings. The average molecular weight is 449 g/mol. The highest BCUT2D eigenvalue weighted by atomic mass is 32.2. The van der Waals surface area contributed by atoms with Crippen LogP contribution < -0.4 is 11.1 Å². The highest BCUT2D eigenvalue weighted by Crippen LogP contribution is 2.26. The van der Waals surface area contributed by atoms with Crippen molar-refractivity contribution in [1.29, 1.82) is 0 Å². The van der Waals surface area contributed by atoms with Crippen molar-refractivity contribution >= 4 is 36.3 Å². The van der Waals surface area contributed by atoms with Crippen molar-refractivity contribution in [2.75, 3.05) is 44.4 Å². The Balaban J connectivity index is 2.68. The maximum Gasteiger partial charge on any atom is 0.326 e. The molecule has 0 bridgehead atoms. The van der Waals surface area contributed by atoms with E-state index in [-0.39, 0.29) is 23.5 Å². The number of nitrogens with two attached hydrogens (primary N) is 1. The number of carboxylic acid groups (broad SMARTS) is 1. The lowest BCUT2D eigenvalue weighted by Crippen LogP contribution is -2.52. The van der Waals surface area contributed by atoms with Crippen LogP contribution in [0.5, 0.6) is 0 Å². The smallest absolute Gasteiger partial charge is 0.326 e. The number of aliphatic carboxylic acids is 1. The molecule has 0 spiro atoms. The fourth-order valence-corrected chi connectivity index (χ4v) is 4.39. The summed E-state index contributed by atoms with van der Waals surface area (Å²) in [6.07, 6.45) is 6.04. The number of rotatable bonds is 14. The highest BCUT2D eigenvalue weighted by molar-refractivity contribution is 7.98. The fourth-order valence-electron chi connectivity index (χ4n) is 3.80. The summed E-state index contributed by atoms with van der Waals surface area (Å²) >= 11 is 5.87. The number of thioether (sulfide) groups is 1. The molecule has 4 N–H and O–H groups in total. The second-order valence-electron chi connectivity index (χ2n) is 8.30. The third-order valence-electron chi connectivity index (χ3n) is 6.26. The summed E-state index contributed by atoms with van der Waals surface area (Å²) in [5.74, 6) is 0.249. The Bertz CT molecular complexity index is 526. The van der Waals surface area contributed by atoms with Gasteiger partial charge in [-0.1, -0.05) is 6.92 Å². The van der Waals surface area contributed by atoms with Crippen molar-refractivity contribution in [3.05, 3.63) is 0 Å². The molecule has 0 aliphatic carbocycles. The van der Waals surface area contributed by atoms with Gasteiger partial charge >= 0.3 is 5.97 Å². The van der Waals surface area contributed by atoms with Gasteiger partial charge in [-0.15, -0.1) is 0 Å². The first-order chi connectivity index (χ1) is 13.7. The largest absolute Gasteiger partial charge is 0.480 e. The third-order valence-corrected chi connectivity index (χ3v) is 7.37. The quantitative estimate of drug-likeness (QED) is 0.299. The second-order valence-corrected chi connectivity index (χ2v) is 9.65. The van der Waals surface area contributed by atoms with E-state index in [4.69, 9.17) is 5.73 Å². The van der Waals surface area contributed by atoms with Crippen LogP contribution in [0.25, 0.3) is 0 Å². The zero-order chi connectivity index (χ0) is 22.0. The van der Waals surface area contributed by atoms with Gasteiger partial charge in [0, 0.05) is 30.4 Å². The van der Waals surface area contributed by atoms with Crippen LogP contribution in [0.2, 0.25) is 0 Å². The van der Waals surface area contributed by atoms with Gasteiger partial charge in [-0.25, -0.2) is 4.79 Å². The first-order valence-electron chi connectivity index (χ1n) is 10.5. The Labute approximate surface area is 185 Å². The van der Waals surface area contributed by atoms with Crippen molar-refractivity contribution in [3.63, 3.8) is 0 Å². The van der Waals surface area contributed by atoms with Crippen LogP contribution >= 0.6 is 24.4 Å². The molecule has 1 heterocycles. The lowest BCUT2D eigenvalue weighted by molar-refractivity contribution is -0.142. The lowest BCUT2D eigenvalue weighted by atomic mass is 9.91. The average Bonchev–Trinajstić information content (AvgIpc) is 3.17. The Morgan fingerprint density at radius 3 is 2.72 bits per heavy atom. The summed E-state index contributed by atoms with van der Waals surface area (Å²) in [4.78, 5) is 28.8. The van der Waals surface area contributed by atoms with E-state index in [9.17, 15) is 14.7 Å². The number of carbonyl (C=O) groups excluding carboxylic acids is 1. The van der Waals surface area contributed by atoms with Crippen LogP contribution in [0.4, 0.5) is 0 Å². The summed E-state index contributed by atoms with van der Waals surface area (Å²) in [5.41, 5.74) is 6.07. The van der Waals surface area contributed by atoms with Gasteiger partial charge in [0.2, 0.25) is 5.91 Å². The van der Waals surface area contributed by atoms with E-state index in [0.717, 1.165) is 45.3 Å². The molecule has 7 nitrogen and oxygen atoms in total. The van der Waals surface area contributed by atoms with Gasteiger partial charge in [0.15, 0.2) is 0 Å². The first kappa shape index (κ1) is 26.6. The fraction of sp³-hybridized carbons (Fsp3) is 0.900. The minimum absolute atomic E-state index is 0.00780. The van der Waals surface area contributed by atoms with E-state index in [2.05, 4.69) is 48.6 Å². The summed E-state index contributed by atoms with van der Waals surface area (Å²) < 4.78 is 0. The first-order valence-corrected chi connectivity index (χ1v) is 12.5. The minimum Gasteiger partial charge on any atom is -0.480 e. The number of nitrogens with one attached hydrogen (secondary N) is 1. The molecule has 1 aliphatic rings. The third kappa shape index (κ3) is 8.28. The van der Waals surface area contributed by atoms with E-state index < -0.39 is 12.0 Å². The molecule has 9 heteroatoms. The number of likely N-dealkylation sites (N-methyl/N-ethyl adjacent to an activating group) is 1. The SMILES string of the molecule is CC[C@@](C)(CCN1CCCC1C(=O)NC(CCSC)C(=O)O)N(C)C[C@H](N)CS. The van der Waals surface area contributed by atoms with E-state index >= 15 is 0 Å². The number of hydrogen-bond donors (Lipinski definition) is 4. The predicted octanol–water partition coefficient (Wildman–Crippen LogP) is 1.52. The van der Waals surface area contributed by atoms with Crippen LogP contribution in [0, 0.1) is 0 Å². The van der Waals surface area contributed by atoms with Crippen LogP contribution in [-0.4, -0.2) is 94.9 Å². The van der Waals surface area contributed by atoms with Crippen LogP contribution in [-0.2, 0) is 9.59 Å². The van der Waals surface area contributed by atoms with Gasteiger partial charge in [0.25, 0.3) is 0 Å². The lowest BCUT2D eigenvalue weighted by Gasteiger charge is -2.41. The number of hydrogen-bond acceptors (Lipinski definition) is 7. The number of likely N-dealkylation sites (tertiary alicyclic amines) is 1. The molecule has 1 rings (SSSR count). The van der Waals surface area contributed by atoms with Gasteiger partial charge < -0.3 is 16.2 Å². The Morgan fingerprint density at radius 1 is 1.48 bits per heavy atom. The predicted molar refractivity (Wildman–Crippen MR) is 125 cm³/mol. The van der Waals surface area contributed by atoms with Crippen molar-refractivity contribution in [3.8, 4) is 0 Å². The molecule has 0 aromatic carbocycles. The van der Waals surface area contributed by atoms with E-state index in [1.54, 1.807) is 11.8 Å².